The number of rotatable bonds is 2. The van der Waals surface area contributed by atoms with Gasteiger partial charge < -0.3 is 10.2 Å². The molecule has 0 aliphatic rings. The van der Waals surface area contributed by atoms with Crippen LogP contribution in [0.4, 0.5) is 5.69 Å². The molecule has 4 nitrogen and oxygen atoms in total. The van der Waals surface area contributed by atoms with Crippen molar-refractivity contribution >= 4 is 5.69 Å². The number of hydrogen-bond donors (Lipinski definition) is 1. The Labute approximate surface area is 110 Å². The van der Waals surface area contributed by atoms with Crippen molar-refractivity contribution in [2.45, 2.75) is 6.92 Å². The Kier molecular flexibility index (Phi) is 2.76. The molecule has 0 amide bonds. The smallest absolute Gasteiger partial charge is 0.250 e. The number of para-hydroxylation sites is 1. The lowest BCUT2D eigenvalue weighted by molar-refractivity contribution is 0.584. The molecule has 0 atom stereocenters. The van der Waals surface area contributed by atoms with Crippen molar-refractivity contribution in [1.82, 2.24) is 10.2 Å². The maximum absolute atomic E-state index is 5.90. The third kappa shape index (κ3) is 2.08. The summed E-state index contributed by atoms with van der Waals surface area (Å²) in [6.07, 6.45) is 0. The standard InChI is InChI=1S/C15H13N3O/c1-10-6-2-3-7-11(10)14-17-18-15(19-14)12-8-4-5-9-13(12)16/h2-9H,16H2,1H3. The lowest BCUT2D eigenvalue weighted by Gasteiger charge is -2.00. The van der Waals surface area contributed by atoms with E-state index >= 15 is 0 Å². The van der Waals surface area contributed by atoms with Crippen LogP contribution in [0, 0.1) is 6.92 Å². The molecular weight excluding hydrogens is 238 g/mol. The molecule has 0 spiro atoms. The van der Waals surface area contributed by atoms with E-state index in [0.717, 1.165) is 16.7 Å². The number of nitrogens with zero attached hydrogens (tertiary/aromatic N) is 2. The van der Waals surface area contributed by atoms with Gasteiger partial charge in [0.15, 0.2) is 0 Å². The quantitative estimate of drug-likeness (QED) is 0.710. The van der Waals surface area contributed by atoms with E-state index in [4.69, 9.17) is 10.2 Å². The molecule has 3 aromatic rings. The van der Waals surface area contributed by atoms with Gasteiger partial charge in [0.2, 0.25) is 11.8 Å². The summed E-state index contributed by atoms with van der Waals surface area (Å²) in [6.45, 7) is 2.01. The maximum Gasteiger partial charge on any atom is 0.250 e. The molecule has 0 bridgehead atoms. The summed E-state index contributed by atoms with van der Waals surface area (Å²) in [5.74, 6) is 0.952. The van der Waals surface area contributed by atoms with Crippen molar-refractivity contribution in [1.29, 1.82) is 0 Å². The van der Waals surface area contributed by atoms with Crippen LogP contribution in [0.1, 0.15) is 5.56 Å². The van der Waals surface area contributed by atoms with E-state index in [9.17, 15) is 0 Å². The van der Waals surface area contributed by atoms with Crippen LogP contribution in [-0.4, -0.2) is 10.2 Å². The molecule has 0 radical (unpaired) electrons. The normalized spacial score (nSPS) is 10.6. The zero-order chi connectivity index (χ0) is 13.2. The Hall–Kier alpha value is -2.62. The molecule has 1 heterocycles. The molecule has 2 aromatic carbocycles. The van der Waals surface area contributed by atoms with Crippen molar-refractivity contribution < 1.29 is 4.42 Å². The lowest BCUT2D eigenvalue weighted by Crippen LogP contribution is -1.88. The van der Waals surface area contributed by atoms with Crippen LogP contribution in [0.25, 0.3) is 22.9 Å². The minimum absolute atomic E-state index is 0.441. The summed E-state index contributed by atoms with van der Waals surface area (Å²) >= 11 is 0. The van der Waals surface area contributed by atoms with Gasteiger partial charge in [-0.15, -0.1) is 10.2 Å². The van der Waals surface area contributed by atoms with E-state index in [0.29, 0.717) is 17.5 Å². The molecule has 3 rings (SSSR count). The molecular formula is C15H13N3O. The molecule has 0 aliphatic heterocycles. The molecule has 0 unspecified atom stereocenters. The Morgan fingerprint density at radius 3 is 2.11 bits per heavy atom. The topological polar surface area (TPSA) is 64.9 Å². The first-order valence-electron chi connectivity index (χ1n) is 6.00. The number of aromatic nitrogens is 2. The molecule has 4 heteroatoms. The van der Waals surface area contributed by atoms with Crippen LogP contribution in [0.5, 0.6) is 0 Å². The molecule has 19 heavy (non-hydrogen) atoms. The highest BCUT2D eigenvalue weighted by molar-refractivity contribution is 5.71. The van der Waals surface area contributed by atoms with Gasteiger partial charge >= 0.3 is 0 Å². The highest BCUT2D eigenvalue weighted by Crippen LogP contribution is 2.28. The minimum atomic E-state index is 0.441. The van der Waals surface area contributed by atoms with Gasteiger partial charge in [0.25, 0.3) is 0 Å². The monoisotopic (exact) mass is 251 g/mol. The zero-order valence-corrected chi connectivity index (χ0v) is 10.5. The molecule has 2 N–H and O–H groups in total. The fourth-order valence-electron chi connectivity index (χ4n) is 1.95. The molecule has 1 aromatic heterocycles. The van der Waals surface area contributed by atoms with Gasteiger partial charge in [0.05, 0.1) is 5.56 Å². The summed E-state index contributed by atoms with van der Waals surface area (Å²) < 4.78 is 5.72. The van der Waals surface area contributed by atoms with Gasteiger partial charge in [-0.1, -0.05) is 30.3 Å². The summed E-state index contributed by atoms with van der Waals surface area (Å²) in [7, 11) is 0. The van der Waals surface area contributed by atoms with E-state index in [1.54, 1.807) is 0 Å². The van der Waals surface area contributed by atoms with Crippen molar-refractivity contribution in [2.75, 3.05) is 5.73 Å². The molecule has 0 saturated heterocycles. The maximum atomic E-state index is 5.90. The largest absolute Gasteiger partial charge is 0.416 e. The van der Waals surface area contributed by atoms with E-state index in [-0.39, 0.29) is 0 Å². The average molecular weight is 251 g/mol. The minimum Gasteiger partial charge on any atom is -0.416 e. The molecule has 0 saturated carbocycles. The highest BCUT2D eigenvalue weighted by Gasteiger charge is 2.13. The number of nitrogen functional groups attached to an aromatic ring is 1. The van der Waals surface area contributed by atoms with Gasteiger partial charge in [0, 0.05) is 11.3 Å². The van der Waals surface area contributed by atoms with Gasteiger partial charge in [-0.25, -0.2) is 0 Å². The SMILES string of the molecule is Cc1ccccc1-c1nnc(-c2ccccc2N)o1. The fourth-order valence-corrected chi connectivity index (χ4v) is 1.95. The predicted octanol–water partition coefficient (Wildman–Crippen LogP) is 3.29. The van der Waals surface area contributed by atoms with Gasteiger partial charge in [0.1, 0.15) is 0 Å². The third-order valence-electron chi connectivity index (χ3n) is 2.99. The Balaban J connectivity index is 2.06. The van der Waals surface area contributed by atoms with E-state index in [2.05, 4.69) is 10.2 Å². The van der Waals surface area contributed by atoms with Crippen LogP contribution in [-0.2, 0) is 0 Å². The average Bonchev–Trinajstić information content (AvgIpc) is 2.89. The van der Waals surface area contributed by atoms with E-state index in [1.807, 2.05) is 55.5 Å². The molecule has 94 valence electrons. The van der Waals surface area contributed by atoms with Gasteiger partial charge in [-0.2, -0.15) is 0 Å². The van der Waals surface area contributed by atoms with Crippen LogP contribution in [0.2, 0.25) is 0 Å². The summed E-state index contributed by atoms with van der Waals surface area (Å²) in [6, 6.07) is 15.3. The van der Waals surface area contributed by atoms with Crippen molar-refractivity contribution in [3.8, 4) is 22.9 Å². The zero-order valence-electron chi connectivity index (χ0n) is 10.5. The Morgan fingerprint density at radius 1 is 0.842 bits per heavy atom. The second kappa shape index (κ2) is 4.57. The number of aryl methyl sites for hydroxylation is 1. The number of benzene rings is 2. The third-order valence-corrected chi connectivity index (χ3v) is 2.99. The predicted molar refractivity (Wildman–Crippen MR) is 74.3 cm³/mol. The van der Waals surface area contributed by atoms with Crippen LogP contribution in [0.3, 0.4) is 0 Å². The second-order valence-corrected chi connectivity index (χ2v) is 4.31. The summed E-state index contributed by atoms with van der Waals surface area (Å²) in [5.41, 5.74) is 9.33. The van der Waals surface area contributed by atoms with Crippen molar-refractivity contribution in [3.63, 3.8) is 0 Å². The summed E-state index contributed by atoms with van der Waals surface area (Å²) in [5, 5.41) is 8.16. The molecule has 0 fully saturated rings. The first-order valence-corrected chi connectivity index (χ1v) is 6.00. The number of anilines is 1. The fraction of sp³-hybridized carbons (Fsp3) is 0.0667. The van der Waals surface area contributed by atoms with Crippen LogP contribution >= 0.6 is 0 Å². The number of nitrogens with two attached hydrogens (primary N) is 1. The van der Waals surface area contributed by atoms with Crippen molar-refractivity contribution in [3.05, 3.63) is 54.1 Å². The van der Waals surface area contributed by atoms with E-state index < -0.39 is 0 Å². The molecule has 0 aliphatic carbocycles. The number of hydrogen-bond acceptors (Lipinski definition) is 4. The highest BCUT2D eigenvalue weighted by atomic mass is 16.4. The van der Waals surface area contributed by atoms with Crippen molar-refractivity contribution in [2.24, 2.45) is 0 Å². The second-order valence-electron chi connectivity index (χ2n) is 4.31. The van der Waals surface area contributed by atoms with E-state index in [1.165, 1.54) is 0 Å². The van der Waals surface area contributed by atoms with Gasteiger partial charge in [-0.05, 0) is 30.7 Å². The van der Waals surface area contributed by atoms with Gasteiger partial charge in [-0.3, -0.25) is 0 Å². The first-order chi connectivity index (χ1) is 9.25. The first kappa shape index (κ1) is 11.5. The Morgan fingerprint density at radius 2 is 1.42 bits per heavy atom. The van der Waals surface area contributed by atoms with Crippen LogP contribution in [0.15, 0.2) is 52.9 Å². The Bertz CT molecular complexity index is 659. The summed E-state index contributed by atoms with van der Waals surface area (Å²) in [4.78, 5) is 0. The van der Waals surface area contributed by atoms with Crippen LogP contribution < -0.4 is 5.73 Å². The lowest BCUT2D eigenvalue weighted by atomic mass is 10.1.